The Bertz CT molecular complexity index is 8.00. The van der Waals surface area contributed by atoms with E-state index in [4.69, 9.17) is 0 Å². The maximum atomic E-state index is 0. The molecular formula is H4AlLiMnV. The van der Waals surface area contributed by atoms with E-state index in [-0.39, 0.29) is 71.8 Å². The first-order valence-electron chi connectivity index (χ1n) is 0. The summed E-state index contributed by atoms with van der Waals surface area (Å²) in [5, 5.41) is 0. The van der Waals surface area contributed by atoms with Crippen LogP contribution in [-0.2, 0) is 35.6 Å². The molecule has 0 aromatic carbocycles. The van der Waals surface area contributed by atoms with Crippen LogP contribution < -0.4 is 0 Å². The molecule has 0 heterocycles. The van der Waals surface area contributed by atoms with Crippen LogP contribution in [0.3, 0.4) is 0 Å². The third-order valence-corrected chi connectivity index (χ3v) is 0. The summed E-state index contributed by atoms with van der Waals surface area (Å²) in [4.78, 5) is 0. The molecule has 0 fully saturated rings. The molecule has 0 aliphatic heterocycles. The maximum absolute atomic E-state index is 0. The zero-order chi connectivity index (χ0) is 0. The molecule has 0 rings (SSSR count). The molecule has 4 heteroatoms. The largest absolute Gasteiger partial charge is 0 e. The average Bonchev–Trinajstić information content (AvgIpc) is 0. The van der Waals surface area contributed by atoms with Gasteiger partial charge in [0.05, 0.1) is 0 Å². The molecule has 0 atom stereocenters. The second-order valence-electron chi connectivity index (χ2n) is 0. The summed E-state index contributed by atoms with van der Waals surface area (Å²) in [7, 11) is 0. The number of rotatable bonds is 0. The first kappa shape index (κ1) is 34.2. The monoisotopic (exact) mass is 144 g/mol. The molecule has 0 saturated carbocycles. The molecule has 2 radical (unpaired) electrons. The predicted molar refractivity (Wildman–Crippen MR) is 17.1 cm³/mol. The molecule has 0 spiro atoms. The Kier molecular flexibility index (Phi) is 161. The van der Waals surface area contributed by atoms with Crippen molar-refractivity contribution >= 4 is 36.2 Å². The standard InChI is InChI=1S/Al.Li.Mn.V.4H. The molecule has 0 aliphatic carbocycles. The molecule has 4 heavy (non-hydrogen) atoms. The Morgan fingerprint density at radius 2 is 1.00 bits per heavy atom. The topological polar surface area (TPSA) is 0 Å². The van der Waals surface area contributed by atoms with Crippen molar-refractivity contribution in [1.29, 1.82) is 0 Å². The Balaban J connectivity index is 0. The Morgan fingerprint density at radius 3 is 1.00 bits per heavy atom. The van der Waals surface area contributed by atoms with E-state index in [2.05, 4.69) is 0 Å². The zero-order valence-corrected chi connectivity index (χ0v) is 3.40. The molecule has 0 aromatic heterocycles. The summed E-state index contributed by atoms with van der Waals surface area (Å²) in [5.41, 5.74) is 0. The van der Waals surface area contributed by atoms with E-state index in [1.54, 1.807) is 0 Å². The van der Waals surface area contributed by atoms with Gasteiger partial charge in [-0.1, -0.05) is 0 Å². The van der Waals surface area contributed by atoms with Gasteiger partial charge in [-0.25, -0.2) is 0 Å². The molecule has 0 aliphatic rings. The van der Waals surface area contributed by atoms with Crippen LogP contribution in [0.1, 0.15) is 0 Å². The number of hydrogen-bond donors (Lipinski definition) is 0. The van der Waals surface area contributed by atoms with E-state index in [0.29, 0.717) is 0 Å². The fraction of sp³-hybridized carbons (Fsp3) is 0. The summed E-state index contributed by atoms with van der Waals surface area (Å²) in [5.74, 6) is 0. The van der Waals surface area contributed by atoms with Gasteiger partial charge in [0, 0.05) is 35.6 Å². The SMILES string of the molecule is [AlH3].[LiH].[Mn].[V]. The summed E-state index contributed by atoms with van der Waals surface area (Å²) in [6.45, 7) is 0. The minimum absolute atomic E-state index is 0. The first-order chi connectivity index (χ1) is 0. The van der Waals surface area contributed by atoms with Gasteiger partial charge in [-0.3, -0.25) is 0 Å². The molecular weight excluding hydrogens is 140 g/mol. The van der Waals surface area contributed by atoms with Gasteiger partial charge in [-0.2, -0.15) is 0 Å². The van der Waals surface area contributed by atoms with E-state index in [1.165, 1.54) is 0 Å². The zero-order valence-electron chi connectivity index (χ0n) is 0.825. The molecule has 0 amide bonds. The van der Waals surface area contributed by atoms with Crippen molar-refractivity contribution < 1.29 is 35.6 Å². The third kappa shape index (κ3) is 8.87. The van der Waals surface area contributed by atoms with Crippen LogP contribution in [0.25, 0.3) is 0 Å². The van der Waals surface area contributed by atoms with Crippen LogP contribution in [0.15, 0.2) is 0 Å². The van der Waals surface area contributed by atoms with Gasteiger partial charge in [0.25, 0.3) is 0 Å². The van der Waals surface area contributed by atoms with Gasteiger partial charge >= 0.3 is 18.9 Å². The fourth-order valence-electron chi connectivity index (χ4n) is 0. The van der Waals surface area contributed by atoms with Crippen LogP contribution in [0.5, 0.6) is 0 Å². The minimum Gasteiger partial charge on any atom is 0 e. The fourth-order valence-corrected chi connectivity index (χ4v) is 0. The normalized spacial score (nSPS) is 0. The van der Waals surface area contributed by atoms with Crippen LogP contribution in [-0.4, -0.2) is 36.2 Å². The predicted octanol–water partition coefficient (Wildman–Crippen LogP) is -1.84. The summed E-state index contributed by atoms with van der Waals surface area (Å²) in [6.07, 6.45) is 0. The van der Waals surface area contributed by atoms with Crippen molar-refractivity contribution in [3.63, 3.8) is 0 Å². The van der Waals surface area contributed by atoms with Gasteiger partial charge in [0.1, 0.15) is 0 Å². The second-order valence-corrected chi connectivity index (χ2v) is 0. The van der Waals surface area contributed by atoms with Crippen LogP contribution in [0.4, 0.5) is 0 Å². The van der Waals surface area contributed by atoms with E-state index >= 15 is 0 Å². The van der Waals surface area contributed by atoms with Crippen LogP contribution in [0.2, 0.25) is 0 Å². The quantitative estimate of drug-likeness (QED) is 0.350. The smallest absolute Gasteiger partial charge is 0 e. The van der Waals surface area contributed by atoms with Crippen molar-refractivity contribution in [3.05, 3.63) is 0 Å². The Labute approximate surface area is 71.1 Å². The molecule has 0 saturated heterocycles. The van der Waals surface area contributed by atoms with E-state index < -0.39 is 0 Å². The summed E-state index contributed by atoms with van der Waals surface area (Å²) in [6, 6.07) is 0. The van der Waals surface area contributed by atoms with E-state index in [9.17, 15) is 0 Å². The summed E-state index contributed by atoms with van der Waals surface area (Å²) >= 11 is 0. The van der Waals surface area contributed by atoms with Crippen molar-refractivity contribution in [2.45, 2.75) is 0 Å². The van der Waals surface area contributed by atoms with Crippen molar-refractivity contribution in [2.75, 3.05) is 0 Å². The Morgan fingerprint density at radius 1 is 1.00 bits per heavy atom. The van der Waals surface area contributed by atoms with Gasteiger partial charge < -0.3 is 0 Å². The molecule has 0 bridgehead atoms. The van der Waals surface area contributed by atoms with Gasteiger partial charge in [-0.15, -0.1) is 0 Å². The van der Waals surface area contributed by atoms with Crippen molar-refractivity contribution in [2.24, 2.45) is 0 Å². The Hall–Kier alpha value is 2.23. The molecule has 20 valence electrons. The van der Waals surface area contributed by atoms with Crippen molar-refractivity contribution in [3.8, 4) is 0 Å². The van der Waals surface area contributed by atoms with Crippen LogP contribution >= 0.6 is 0 Å². The van der Waals surface area contributed by atoms with Gasteiger partial charge in [0.15, 0.2) is 17.4 Å². The van der Waals surface area contributed by atoms with Gasteiger partial charge in [0.2, 0.25) is 0 Å². The van der Waals surface area contributed by atoms with Gasteiger partial charge in [-0.05, 0) is 0 Å². The second kappa shape index (κ2) is 18.8. The molecule has 0 unspecified atom stereocenters. The first-order valence-corrected chi connectivity index (χ1v) is 0. The number of hydrogen-bond acceptors (Lipinski definition) is 0. The third-order valence-electron chi connectivity index (χ3n) is 0. The van der Waals surface area contributed by atoms with E-state index in [1.807, 2.05) is 0 Å². The molecule has 0 aromatic rings. The van der Waals surface area contributed by atoms with E-state index in [0.717, 1.165) is 0 Å². The molecule has 0 N–H and O–H groups in total. The van der Waals surface area contributed by atoms with Crippen LogP contribution in [0, 0.1) is 0 Å². The maximum Gasteiger partial charge on any atom is 0 e. The molecule has 0 nitrogen and oxygen atoms in total. The average molecular weight is 144 g/mol. The summed E-state index contributed by atoms with van der Waals surface area (Å²) < 4.78 is 0. The van der Waals surface area contributed by atoms with Crippen molar-refractivity contribution in [1.82, 2.24) is 0 Å². The minimum atomic E-state index is 0.